The molecule has 2 nitrogen and oxygen atoms in total. The van der Waals surface area contributed by atoms with Crippen LogP contribution in [0, 0.1) is 0 Å². The lowest BCUT2D eigenvalue weighted by molar-refractivity contribution is 0.108. The van der Waals surface area contributed by atoms with Crippen LogP contribution >= 0.6 is 12.2 Å². The molecule has 0 saturated heterocycles. The molecule has 0 bridgehead atoms. The largest absolute Gasteiger partial charge is 0.359 e. The predicted octanol–water partition coefficient (Wildman–Crippen LogP) is 1.47. The van der Waals surface area contributed by atoms with E-state index in [0.717, 1.165) is 6.42 Å². The van der Waals surface area contributed by atoms with Crippen molar-refractivity contribution in [1.29, 1.82) is 0 Å². The molecule has 1 atom stereocenters. The molecule has 0 rings (SSSR count). The minimum Gasteiger partial charge on any atom is -0.359 e. The van der Waals surface area contributed by atoms with Crippen LogP contribution in [0.5, 0.6) is 0 Å². The van der Waals surface area contributed by atoms with Crippen LogP contribution in [0.2, 0.25) is 0 Å². The third-order valence-corrected chi connectivity index (χ3v) is 0.923. The summed E-state index contributed by atoms with van der Waals surface area (Å²) in [6.45, 7) is 1.98. The average Bonchev–Trinajstić information content (AvgIpc) is 1.83. The van der Waals surface area contributed by atoms with Gasteiger partial charge in [0.2, 0.25) is 0 Å². The second kappa shape index (κ2) is 4.91. The highest BCUT2D eigenvalue weighted by Crippen LogP contribution is 1.94. The summed E-state index contributed by atoms with van der Waals surface area (Å²) >= 11 is 4.36. The van der Waals surface area contributed by atoms with Gasteiger partial charge in [-0.2, -0.15) is 0 Å². The van der Waals surface area contributed by atoms with Crippen LogP contribution in [-0.4, -0.2) is 18.5 Å². The van der Waals surface area contributed by atoms with E-state index in [1.807, 2.05) is 6.92 Å². The smallest absolute Gasteiger partial charge is 0.157 e. The van der Waals surface area contributed by atoms with Crippen LogP contribution in [-0.2, 0) is 4.74 Å². The lowest BCUT2D eigenvalue weighted by atomic mass is 10.4. The van der Waals surface area contributed by atoms with Crippen LogP contribution < -0.4 is 0 Å². The van der Waals surface area contributed by atoms with Gasteiger partial charge in [0.05, 0.1) is 5.16 Å². The van der Waals surface area contributed by atoms with E-state index < -0.39 is 0 Å². The van der Waals surface area contributed by atoms with Crippen molar-refractivity contribution in [2.75, 3.05) is 7.11 Å². The van der Waals surface area contributed by atoms with E-state index in [1.165, 1.54) is 0 Å². The van der Waals surface area contributed by atoms with Gasteiger partial charge in [-0.25, -0.2) is 4.99 Å². The molecule has 0 aliphatic heterocycles. The summed E-state index contributed by atoms with van der Waals surface area (Å²) in [5.41, 5.74) is 0. The fourth-order valence-electron chi connectivity index (χ4n) is 0.369. The Labute approximate surface area is 54.6 Å². The van der Waals surface area contributed by atoms with E-state index in [1.54, 1.807) is 7.11 Å². The minimum absolute atomic E-state index is 0.0903. The van der Waals surface area contributed by atoms with Gasteiger partial charge in [-0.05, 0) is 18.6 Å². The SMILES string of the molecule is CCC(N=C=S)OC. The van der Waals surface area contributed by atoms with Crippen molar-refractivity contribution < 1.29 is 4.74 Å². The molecule has 0 fully saturated rings. The Morgan fingerprint density at radius 1 is 1.88 bits per heavy atom. The number of aliphatic imine (C=N–C) groups is 1. The number of nitrogens with zero attached hydrogens (tertiary/aromatic N) is 1. The lowest BCUT2D eigenvalue weighted by Crippen LogP contribution is -2.03. The fourth-order valence-corrected chi connectivity index (χ4v) is 0.487. The van der Waals surface area contributed by atoms with E-state index in [0.29, 0.717) is 0 Å². The molecule has 46 valence electrons. The van der Waals surface area contributed by atoms with Crippen LogP contribution in [0.4, 0.5) is 0 Å². The van der Waals surface area contributed by atoms with E-state index in [9.17, 15) is 0 Å². The number of hydrogen-bond donors (Lipinski definition) is 0. The third-order valence-electron chi connectivity index (χ3n) is 0.818. The van der Waals surface area contributed by atoms with Gasteiger partial charge in [0.15, 0.2) is 6.23 Å². The highest BCUT2D eigenvalue weighted by molar-refractivity contribution is 7.78. The van der Waals surface area contributed by atoms with Gasteiger partial charge in [0.25, 0.3) is 0 Å². The molecule has 1 unspecified atom stereocenters. The van der Waals surface area contributed by atoms with Crippen molar-refractivity contribution in [3.8, 4) is 0 Å². The Morgan fingerprint density at radius 3 is 2.62 bits per heavy atom. The molecule has 0 aromatic carbocycles. The van der Waals surface area contributed by atoms with E-state index >= 15 is 0 Å². The van der Waals surface area contributed by atoms with Crippen molar-refractivity contribution in [3.05, 3.63) is 0 Å². The molecule has 0 heterocycles. The Kier molecular flexibility index (Phi) is 4.76. The molecule has 3 heteroatoms. The Hall–Kier alpha value is -0.240. The zero-order chi connectivity index (χ0) is 6.41. The van der Waals surface area contributed by atoms with Gasteiger partial charge in [-0.3, -0.25) is 0 Å². The van der Waals surface area contributed by atoms with Crippen molar-refractivity contribution in [2.45, 2.75) is 19.6 Å². The Balaban J connectivity index is 3.52. The van der Waals surface area contributed by atoms with Crippen molar-refractivity contribution >= 4 is 17.4 Å². The van der Waals surface area contributed by atoms with Gasteiger partial charge in [0, 0.05) is 7.11 Å². The molecule has 0 aliphatic carbocycles. The number of ether oxygens (including phenoxy) is 1. The Morgan fingerprint density at radius 2 is 2.50 bits per heavy atom. The van der Waals surface area contributed by atoms with Crippen LogP contribution in [0.3, 0.4) is 0 Å². The first-order valence-electron chi connectivity index (χ1n) is 2.45. The zero-order valence-corrected chi connectivity index (χ0v) is 5.86. The highest BCUT2D eigenvalue weighted by Gasteiger charge is 1.95. The summed E-state index contributed by atoms with van der Waals surface area (Å²) in [7, 11) is 1.60. The monoisotopic (exact) mass is 131 g/mol. The predicted molar refractivity (Wildman–Crippen MR) is 36.1 cm³/mol. The molecule has 8 heavy (non-hydrogen) atoms. The summed E-state index contributed by atoms with van der Waals surface area (Å²) in [6, 6.07) is 0. The van der Waals surface area contributed by atoms with Gasteiger partial charge >= 0.3 is 0 Å². The van der Waals surface area contributed by atoms with Crippen molar-refractivity contribution in [1.82, 2.24) is 0 Å². The Bertz CT molecular complexity index is 94.6. The normalized spacial score (nSPS) is 12.2. The number of rotatable bonds is 3. The maximum Gasteiger partial charge on any atom is 0.157 e. The van der Waals surface area contributed by atoms with Gasteiger partial charge in [0.1, 0.15) is 0 Å². The number of thiocarbonyl (C=S) groups is 1. The minimum atomic E-state index is -0.0903. The molecule has 0 saturated carbocycles. The van der Waals surface area contributed by atoms with Crippen LogP contribution in [0.15, 0.2) is 4.99 Å². The van der Waals surface area contributed by atoms with Crippen molar-refractivity contribution in [3.63, 3.8) is 0 Å². The first-order valence-corrected chi connectivity index (χ1v) is 2.85. The van der Waals surface area contributed by atoms with Gasteiger partial charge in [-0.1, -0.05) is 6.92 Å². The molecule has 0 N–H and O–H groups in total. The maximum absolute atomic E-state index is 4.84. The van der Waals surface area contributed by atoms with Crippen molar-refractivity contribution in [2.24, 2.45) is 4.99 Å². The molecule has 0 radical (unpaired) electrons. The molecule has 0 aromatic rings. The molecular formula is C5H9NOS. The van der Waals surface area contributed by atoms with Gasteiger partial charge < -0.3 is 4.74 Å². The molecule has 0 aromatic heterocycles. The molecular weight excluding hydrogens is 122 g/mol. The first-order chi connectivity index (χ1) is 3.85. The number of methoxy groups -OCH3 is 1. The average molecular weight is 131 g/mol. The molecule has 0 amide bonds. The van der Waals surface area contributed by atoms with Crippen LogP contribution in [0.1, 0.15) is 13.3 Å². The highest BCUT2D eigenvalue weighted by atomic mass is 32.1. The summed E-state index contributed by atoms with van der Waals surface area (Å²) in [6.07, 6.45) is 0.757. The number of hydrogen-bond acceptors (Lipinski definition) is 3. The van der Waals surface area contributed by atoms with Gasteiger partial charge in [-0.15, -0.1) is 0 Å². The lowest BCUT2D eigenvalue weighted by Gasteiger charge is -2.01. The summed E-state index contributed by atoms with van der Waals surface area (Å²) < 4.78 is 4.84. The topological polar surface area (TPSA) is 21.6 Å². The van der Waals surface area contributed by atoms with E-state index in [2.05, 4.69) is 22.4 Å². The zero-order valence-electron chi connectivity index (χ0n) is 5.05. The second-order valence-corrected chi connectivity index (χ2v) is 1.50. The maximum atomic E-state index is 4.84. The summed E-state index contributed by atoms with van der Waals surface area (Å²) in [5.74, 6) is 0. The first kappa shape index (κ1) is 7.76. The molecule has 0 aliphatic rings. The summed E-state index contributed by atoms with van der Waals surface area (Å²) in [5, 5.41) is 2.25. The standard InChI is InChI=1S/C5H9NOS/c1-3-5(7-2)6-4-8/h5H,3H2,1-2H3. The quantitative estimate of drug-likeness (QED) is 0.427. The summed E-state index contributed by atoms with van der Waals surface area (Å²) in [4.78, 5) is 3.70. The fraction of sp³-hybridized carbons (Fsp3) is 0.800. The number of isothiocyanates is 1. The van der Waals surface area contributed by atoms with E-state index in [4.69, 9.17) is 4.74 Å². The molecule has 0 spiro atoms. The second-order valence-electron chi connectivity index (χ2n) is 1.32. The van der Waals surface area contributed by atoms with E-state index in [-0.39, 0.29) is 6.23 Å². The third kappa shape index (κ3) is 2.86. The van der Waals surface area contributed by atoms with Crippen LogP contribution in [0.25, 0.3) is 0 Å².